The monoisotopic (exact) mass is 279 g/mol. The summed E-state index contributed by atoms with van der Waals surface area (Å²) in [5, 5.41) is 9.84. The van der Waals surface area contributed by atoms with Crippen molar-refractivity contribution in [3.8, 4) is 0 Å². The van der Waals surface area contributed by atoms with Gasteiger partial charge in [-0.25, -0.2) is 8.42 Å². The third-order valence-corrected chi connectivity index (χ3v) is 4.84. The predicted molar refractivity (Wildman–Crippen MR) is 68.0 cm³/mol. The van der Waals surface area contributed by atoms with E-state index in [-0.39, 0.29) is 6.42 Å². The summed E-state index contributed by atoms with van der Waals surface area (Å²) < 4.78 is 23.5. The molecule has 1 amide bonds. The molecule has 1 unspecified atom stereocenters. The maximum atomic E-state index is 11.7. The van der Waals surface area contributed by atoms with Crippen molar-refractivity contribution in [2.24, 2.45) is 0 Å². The number of hydrogen-bond acceptors (Lipinski definition) is 4. The second kappa shape index (κ2) is 6.17. The number of carboxylic acid groups (broad SMARTS) is 1. The Morgan fingerprint density at radius 2 is 1.78 bits per heavy atom. The molecule has 0 aromatic carbocycles. The zero-order valence-electron chi connectivity index (χ0n) is 11.2. The first-order valence-electron chi connectivity index (χ1n) is 5.81. The summed E-state index contributed by atoms with van der Waals surface area (Å²) in [5.74, 6) is -2.87. The van der Waals surface area contributed by atoms with Gasteiger partial charge in [0.05, 0.1) is 0 Å². The average molecular weight is 279 g/mol. The molecule has 0 rings (SSSR count). The third kappa shape index (κ3) is 5.03. The van der Waals surface area contributed by atoms with Crippen LogP contribution in [-0.2, 0) is 19.4 Å². The van der Waals surface area contributed by atoms with Gasteiger partial charge in [0.2, 0.25) is 5.91 Å². The molecule has 0 bridgehead atoms. The fraction of sp³-hybridized carbons (Fsp3) is 0.818. The highest BCUT2D eigenvalue weighted by Gasteiger charge is 2.33. The van der Waals surface area contributed by atoms with E-state index >= 15 is 0 Å². The fourth-order valence-electron chi connectivity index (χ4n) is 1.37. The summed E-state index contributed by atoms with van der Waals surface area (Å²) >= 11 is 0. The molecular weight excluding hydrogens is 258 g/mol. The molecule has 0 heterocycles. The van der Waals surface area contributed by atoms with Crippen LogP contribution in [0.15, 0.2) is 0 Å². The molecule has 7 heteroatoms. The second-order valence-electron chi connectivity index (χ2n) is 4.83. The molecule has 0 fully saturated rings. The van der Waals surface area contributed by atoms with Crippen LogP contribution in [0.4, 0.5) is 0 Å². The van der Waals surface area contributed by atoms with Crippen molar-refractivity contribution in [3.05, 3.63) is 0 Å². The highest BCUT2D eigenvalue weighted by molar-refractivity contribution is 7.93. The van der Waals surface area contributed by atoms with Gasteiger partial charge in [0, 0.05) is 5.54 Å². The van der Waals surface area contributed by atoms with Crippen LogP contribution in [0.3, 0.4) is 0 Å². The highest BCUT2D eigenvalue weighted by atomic mass is 32.2. The van der Waals surface area contributed by atoms with Gasteiger partial charge in [0.25, 0.3) is 0 Å². The maximum Gasteiger partial charge on any atom is 0.321 e. The number of nitrogens with one attached hydrogen (secondary N) is 1. The summed E-state index contributed by atoms with van der Waals surface area (Å²) in [4.78, 5) is 22.4. The molecular formula is C11H21NO5S. The summed E-state index contributed by atoms with van der Waals surface area (Å²) in [6.45, 7) is 6.86. The van der Waals surface area contributed by atoms with Crippen LogP contribution < -0.4 is 5.32 Å². The number of carboxylic acids is 1. The van der Waals surface area contributed by atoms with E-state index in [2.05, 4.69) is 5.32 Å². The van der Waals surface area contributed by atoms with Crippen LogP contribution in [-0.4, -0.2) is 41.9 Å². The third-order valence-electron chi connectivity index (χ3n) is 2.77. The van der Waals surface area contributed by atoms with Crippen molar-refractivity contribution in [2.75, 3.05) is 5.75 Å². The molecule has 0 aromatic rings. The molecule has 18 heavy (non-hydrogen) atoms. The van der Waals surface area contributed by atoms with Crippen molar-refractivity contribution >= 4 is 21.7 Å². The molecule has 0 aliphatic heterocycles. The lowest BCUT2D eigenvalue weighted by molar-refractivity contribution is -0.136. The van der Waals surface area contributed by atoms with Crippen molar-refractivity contribution < 1.29 is 23.1 Å². The summed E-state index contributed by atoms with van der Waals surface area (Å²) in [6.07, 6.45) is 0.594. The highest BCUT2D eigenvalue weighted by Crippen LogP contribution is 2.10. The number of rotatable bonds is 7. The van der Waals surface area contributed by atoms with Gasteiger partial charge in [0.15, 0.2) is 15.1 Å². The van der Waals surface area contributed by atoms with Gasteiger partial charge < -0.3 is 10.4 Å². The minimum absolute atomic E-state index is 0.0535. The van der Waals surface area contributed by atoms with Crippen molar-refractivity contribution in [2.45, 2.75) is 51.3 Å². The molecule has 2 N–H and O–H groups in total. The molecule has 6 nitrogen and oxygen atoms in total. The molecule has 0 radical (unpaired) electrons. The van der Waals surface area contributed by atoms with Crippen LogP contribution in [0, 0.1) is 0 Å². The Labute approximate surface area is 108 Å². The Balaban J connectivity index is 4.79. The molecule has 0 aliphatic rings. The van der Waals surface area contributed by atoms with Crippen LogP contribution in [0.1, 0.15) is 40.5 Å². The second-order valence-corrected chi connectivity index (χ2v) is 7.01. The van der Waals surface area contributed by atoms with Gasteiger partial charge in [-0.1, -0.05) is 13.8 Å². The van der Waals surface area contributed by atoms with E-state index in [0.29, 0.717) is 6.42 Å². The summed E-state index contributed by atoms with van der Waals surface area (Å²) in [5.41, 5.74) is -0.502. The van der Waals surface area contributed by atoms with Gasteiger partial charge in [0.1, 0.15) is 5.75 Å². The number of amides is 1. The van der Waals surface area contributed by atoms with E-state index in [9.17, 15) is 18.0 Å². The first-order valence-corrected chi connectivity index (χ1v) is 7.52. The van der Waals surface area contributed by atoms with Crippen LogP contribution in [0.5, 0.6) is 0 Å². The summed E-state index contributed by atoms with van der Waals surface area (Å²) in [7, 11) is -3.96. The SMILES string of the molecule is CCC(C(=O)O)S(=O)(=O)CC(=O)NC(C)(C)CC. The van der Waals surface area contributed by atoms with E-state index in [0.717, 1.165) is 0 Å². The summed E-state index contributed by atoms with van der Waals surface area (Å²) in [6, 6.07) is 0. The number of aliphatic carboxylic acids is 1. The van der Waals surface area contributed by atoms with E-state index in [4.69, 9.17) is 5.11 Å². The minimum atomic E-state index is -3.96. The zero-order valence-corrected chi connectivity index (χ0v) is 12.0. The van der Waals surface area contributed by atoms with Gasteiger partial charge >= 0.3 is 5.97 Å². The van der Waals surface area contributed by atoms with E-state index in [1.807, 2.05) is 6.92 Å². The van der Waals surface area contributed by atoms with E-state index in [1.54, 1.807) is 13.8 Å². The lowest BCUT2D eigenvalue weighted by Crippen LogP contribution is -2.47. The first kappa shape index (κ1) is 16.9. The zero-order chi connectivity index (χ0) is 14.6. The minimum Gasteiger partial charge on any atom is -0.480 e. The van der Waals surface area contributed by atoms with Crippen LogP contribution in [0.2, 0.25) is 0 Å². The Hall–Kier alpha value is -1.11. The largest absolute Gasteiger partial charge is 0.480 e. The van der Waals surface area contributed by atoms with E-state index < -0.39 is 38.3 Å². The van der Waals surface area contributed by atoms with Crippen LogP contribution >= 0.6 is 0 Å². The average Bonchev–Trinajstić information content (AvgIpc) is 2.15. The Kier molecular flexibility index (Phi) is 5.79. The predicted octanol–water partition coefficient (Wildman–Crippen LogP) is 0.569. The van der Waals surface area contributed by atoms with Gasteiger partial charge in [-0.2, -0.15) is 0 Å². The van der Waals surface area contributed by atoms with Crippen LogP contribution in [0.25, 0.3) is 0 Å². The van der Waals surface area contributed by atoms with Crippen molar-refractivity contribution in [3.63, 3.8) is 0 Å². The molecule has 0 saturated carbocycles. The number of sulfone groups is 1. The normalized spacial score (nSPS) is 14.0. The van der Waals surface area contributed by atoms with Gasteiger partial charge in [-0.3, -0.25) is 9.59 Å². The standard InChI is InChI=1S/C11H21NO5S/c1-5-8(10(14)15)18(16,17)7-9(13)12-11(3,4)6-2/h8H,5-7H2,1-4H3,(H,12,13)(H,14,15). The van der Waals surface area contributed by atoms with Gasteiger partial charge in [-0.05, 0) is 26.7 Å². The maximum absolute atomic E-state index is 11.7. The van der Waals surface area contributed by atoms with Crippen molar-refractivity contribution in [1.82, 2.24) is 5.32 Å². The lowest BCUT2D eigenvalue weighted by Gasteiger charge is -2.24. The number of hydrogen-bond donors (Lipinski definition) is 2. The van der Waals surface area contributed by atoms with Crippen molar-refractivity contribution in [1.29, 1.82) is 0 Å². The van der Waals surface area contributed by atoms with Gasteiger partial charge in [-0.15, -0.1) is 0 Å². The fourth-order valence-corrected chi connectivity index (χ4v) is 2.82. The molecule has 0 aromatic heterocycles. The Morgan fingerprint density at radius 1 is 1.28 bits per heavy atom. The topological polar surface area (TPSA) is 101 Å². The quantitative estimate of drug-likeness (QED) is 0.709. The molecule has 0 spiro atoms. The Morgan fingerprint density at radius 3 is 2.11 bits per heavy atom. The molecule has 0 aliphatic carbocycles. The lowest BCUT2D eigenvalue weighted by atomic mass is 10.0. The Bertz CT molecular complexity index is 413. The first-order chi connectivity index (χ1) is 8.05. The smallest absolute Gasteiger partial charge is 0.321 e. The number of carbonyl (C=O) groups is 2. The molecule has 1 atom stereocenters. The number of carbonyl (C=O) groups excluding carboxylic acids is 1. The van der Waals surface area contributed by atoms with E-state index in [1.165, 1.54) is 6.92 Å². The molecule has 106 valence electrons. The molecule has 0 saturated heterocycles.